The van der Waals surface area contributed by atoms with Crippen LogP contribution in [0.4, 0.5) is 0 Å². The molecule has 4 atom stereocenters. The molecule has 11 rings (SSSR count). The Labute approximate surface area is 332 Å². The topological polar surface area (TPSA) is 43.2 Å². The number of nitrogens with zero attached hydrogens (tertiary/aromatic N) is 2. The summed E-state index contributed by atoms with van der Waals surface area (Å²) >= 11 is 0. The van der Waals surface area contributed by atoms with E-state index in [0.29, 0.717) is 24.6 Å². The molecule has 4 heteroatoms. The van der Waals surface area contributed by atoms with E-state index >= 15 is 0 Å². The Morgan fingerprint density at radius 3 is 1.12 bits per heavy atom. The summed E-state index contributed by atoms with van der Waals surface area (Å²) in [6.07, 6.45) is 0.542. The smallest absolute Gasteiger partial charge is 0.201 e. The van der Waals surface area contributed by atoms with Gasteiger partial charge in [0.2, 0.25) is 11.8 Å². The molecule has 0 unspecified atom stereocenters. The fraction of sp³-hybridized carbons (Fsp3) is 0.132. The summed E-state index contributed by atoms with van der Waals surface area (Å²) in [5.41, 5.74) is 8.49. The van der Waals surface area contributed by atoms with Crippen molar-refractivity contribution in [2.75, 3.05) is 0 Å². The monoisotopic (exact) mass is 736 g/mol. The highest BCUT2D eigenvalue weighted by Crippen LogP contribution is 2.54. The van der Waals surface area contributed by atoms with Crippen LogP contribution in [0.3, 0.4) is 0 Å². The van der Waals surface area contributed by atoms with Crippen molar-refractivity contribution in [1.82, 2.24) is 0 Å². The van der Waals surface area contributed by atoms with Crippen LogP contribution in [0.2, 0.25) is 0 Å². The third kappa shape index (κ3) is 5.66. The first-order chi connectivity index (χ1) is 28.2. The lowest BCUT2D eigenvalue weighted by Gasteiger charge is -2.33. The molecule has 0 saturated heterocycles. The molecule has 3 aliphatic rings. The summed E-state index contributed by atoms with van der Waals surface area (Å²) in [5, 5.41) is 4.91. The van der Waals surface area contributed by atoms with E-state index in [1.54, 1.807) is 0 Å². The van der Waals surface area contributed by atoms with Crippen LogP contribution in [-0.2, 0) is 22.3 Å². The Kier molecular flexibility index (Phi) is 8.10. The molecule has 0 amide bonds. The van der Waals surface area contributed by atoms with Gasteiger partial charge in [0, 0.05) is 0 Å². The highest BCUT2D eigenvalue weighted by Gasteiger charge is 2.54. The second-order valence-electron chi connectivity index (χ2n) is 15.6. The molecule has 0 radical (unpaired) electrons. The lowest BCUT2D eigenvalue weighted by atomic mass is 9.76. The van der Waals surface area contributed by atoms with E-state index in [1.165, 1.54) is 43.8 Å². The number of ether oxygens (including phenoxy) is 2. The van der Waals surface area contributed by atoms with Crippen LogP contribution in [0.1, 0.15) is 57.7 Å². The molecule has 2 heterocycles. The van der Waals surface area contributed by atoms with Gasteiger partial charge in [-0.15, -0.1) is 0 Å². The van der Waals surface area contributed by atoms with Crippen LogP contribution >= 0.6 is 0 Å². The summed E-state index contributed by atoms with van der Waals surface area (Å²) in [6, 6.07) is 68.4. The van der Waals surface area contributed by atoms with Crippen molar-refractivity contribution in [2.45, 2.75) is 37.1 Å². The molecule has 57 heavy (non-hydrogen) atoms. The second-order valence-corrected chi connectivity index (χ2v) is 15.6. The number of aliphatic imine (C=N–C) groups is 2. The molecule has 0 N–H and O–H groups in total. The van der Waals surface area contributed by atoms with Crippen molar-refractivity contribution in [3.8, 4) is 11.1 Å². The molecular formula is C53H40N2O2. The summed E-state index contributed by atoms with van der Waals surface area (Å²) in [7, 11) is 0. The van der Waals surface area contributed by atoms with Gasteiger partial charge in [0.25, 0.3) is 0 Å². The summed E-state index contributed by atoms with van der Waals surface area (Å²) < 4.78 is 14.8. The minimum atomic E-state index is -0.877. The zero-order valence-electron chi connectivity index (χ0n) is 31.4. The number of hydrogen-bond donors (Lipinski definition) is 0. The first-order valence-electron chi connectivity index (χ1n) is 19.9. The molecule has 1 aliphatic carbocycles. The largest absolute Gasteiger partial charge is 0.469 e. The Hall–Kier alpha value is -6.78. The highest BCUT2D eigenvalue weighted by atomic mass is 16.5. The molecule has 274 valence electrons. The maximum Gasteiger partial charge on any atom is 0.201 e. The summed E-state index contributed by atoms with van der Waals surface area (Å²) in [6.45, 7) is 0. The molecular weight excluding hydrogens is 697 g/mol. The molecule has 0 bridgehead atoms. The molecule has 0 spiro atoms. The predicted octanol–water partition coefficient (Wildman–Crippen LogP) is 12.6. The maximum atomic E-state index is 7.40. The molecule has 0 saturated carbocycles. The van der Waals surface area contributed by atoms with Crippen molar-refractivity contribution < 1.29 is 9.47 Å². The van der Waals surface area contributed by atoms with E-state index in [2.05, 4.69) is 194 Å². The van der Waals surface area contributed by atoms with Crippen molar-refractivity contribution in [2.24, 2.45) is 15.4 Å². The van der Waals surface area contributed by atoms with Crippen LogP contribution in [0.5, 0.6) is 0 Å². The van der Waals surface area contributed by atoms with Gasteiger partial charge in [-0.05, 0) is 78.9 Å². The van der Waals surface area contributed by atoms with E-state index < -0.39 is 5.41 Å². The number of hydrogen-bond acceptors (Lipinski definition) is 4. The molecule has 8 aromatic rings. The van der Waals surface area contributed by atoms with E-state index in [-0.39, 0.29) is 24.3 Å². The van der Waals surface area contributed by atoms with Gasteiger partial charge in [0.1, 0.15) is 17.5 Å². The first kappa shape index (κ1) is 33.5. The molecule has 8 aromatic carbocycles. The molecule has 0 aromatic heterocycles. The van der Waals surface area contributed by atoms with Gasteiger partial charge in [-0.25, -0.2) is 9.98 Å². The Morgan fingerprint density at radius 1 is 0.368 bits per heavy atom. The van der Waals surface area contributed by atoms with E-state index in [9.17, 15) is 0 Å². The summed E-state index contributed by atoms with van der Waals surface area (Å²) in [4.78, 5) is 11.4. The lowest BCUT2D eigenvalue weighted by molar-refractivity contribution is 0.154. The Bertz CT molecular complexity index is 2620. The number of fused-ring (bicyclic) bond motifs is 7. The van der Waals surface area contributed by atoms with Crippen molar-refractivity contribution in [1.29, 1.82) is 0 Å². The first-order valence-corrected chi connectivity index (χ1v) is 19.9. The lowest BCUT2D eigenvalue weighted by Crippen LogP contribution is -2.44. The predicted molar refractivity (Wildman–Crippen MR) is 231 cm³/mol. The van der Waals surface area contributed by atoms with Gasteiger partial charge in [-0.1, -0.05) is 194 Å². The highest BCUT2D eigenvalue weighted by molar-refractivity contribution is 6.12. The van der Waals surface area contributed by atoms with Crippen LogP contribution < -0.4 is 0 Å². The fourth-order valence-corrected chi connectivity index (χ4v) is 9.50. The Morgan fingerprint density at radius 2 is 0.719 bits per heavy atom. The van der Waals surface area contributed by atoms with Gasteiger partial charge in [0.15, 0.2) is 12.2 Å². The second kappa shape index (κ2) is 13.8. The van der Waals surface area contributed by atoms with Crippen molar-refractivity contribution in [3.05, 3.63) is 228 Å². The van der Waals surface area contributed by atoms with E-state index in [0.717, 1.165) is 22.3 Å². The van der Waals surface area contributed by atoms with Gasteiger partial charge in [0.05, 0.1) is 0 Å². The standard InChI is InChI=1S/C53H40N2O2/c1-5-19-37(20-6-1)47-49(39-23-9-3-10-24-39)56-51(54-47)53(52-55-48(38-21-7-2-8-22-38)50(57-52)40-25-11-4-12-26-40)33-41-31-29-35-17-13-15-27-43(35)45(41)46-42(34-53)32-30-36-18-14-16-28-44(36)46/h1-32,47-50H,33-34H2/t47-,48-,49+,50+/m1/s1. The zero-order chi connectivity index (χ0) is 37.8. The van der Waals surface area contributed by atoms with Gasteiger partial charge >= 0.3 is 0 Å². The maximum absolute atomic E-state index is 7.40. The number of benzene rings is 8. The van der Waals surface area contributed by atoms with Crippen LogP contribution in [-0.4, -0.2) is 11.8 Å². The fourth-order valence-electron chi connectivity index (χ4n) is 9.50. The van der Waals surface area contributed by atoms with Crippen LogP contribution in [0, 0.1) is 5.41 Å². The number of rotatable bonds is 6. The third-order valence-electron chi connectivity index (χ3n) is 12.2. The van der Waals surface area contributed by atoms with Gasteiger partial charge < -0.3 is 9.47 Å². The van der Waals surface area contributed by atoms with Gasteiger partial charge in [-0.3, -0.25) is 0 Å². The average molecular weight is 737 g/mol. The summed E-state index contributed by atoms with van der Waals surface area (Å²) in [5.74, 6) is 1.34. The quantitative estimate of drug-likeness (QED) is 0.171. The normalized spacial score (nSPS) is 20.8. The van der Waals surface area contributed by atoms with Crippen LogP contribution in [0.15, 0.2) is 204 Å². The van der Waals surface area contributed by atoms with Crippen LogP contribution in [0.25, 0.3) is 32.7 Å². The molecule has 4 nitrogen and oxygen atoms in total. The third-order valence-corrected chi connectivity index (χ3v) is 12.2. The minimum absolute atomic E-state index is 0.257. The van der Waals surface area contributed by atoms with Crippen molar-refractivity contribution >= 4 is 33.3 Å². The van der Waals surface area contributed by atoms with Gasteiger partial charge in [-0.2, -0.15) is 0 Å². The van der Waals surface area contributed by atoms with Crippen molar-refractivity contribution in [3.63, 3.8) is 0 Å². The molecule has 0 fully saturated rings. The Balaban J connectivity index is 1.19. The van der Waals surface area contributed by atoms with E-state index in [1.807, 2.05) is 0 Å². The SMILES string of the molecule is c1ccc([C@H]2N=C(C3(C4=N[C@H](c5ccccc5)[C@H](c5ccccc5)O4)Cc4ccc5ccccc5c4-c4c(ccc5ccccc45)C3)O[C@H]2c2ccccc2)cc1. The zero-order valence-corrected chi connectivity index (χ0v) is 31.4. The average Bonchev–Trinajstić information content (AvgIpc) is 3.91. The molecule has 2 aliphatic heterocycles. The van der Waals surface area contributed by atoms with E-state index in [4.69, 9.17) is 19.5 Å². The minimum Gasteiger partial charge on any atom is -0.469 e.